The van der Waals surface area contributed by atoms with Crippen molar-refractivity contribution in [3.63, 3.8) is 0 Å². The smallest absolute Gasteiger partial charge is 0.0847 e. The number of halogens is 1. The van der Waals surface area contributed by atoms with Crippen LogP contribution in [0.4, 0.5) is 0 Å². The molecule has 0 aliphatic heterocycles. The highest BCUT2D eigenvalue weighted by molar-refractivity contribution is 6.31. The van der Waals surface area contributed by atoms with Crippen molar-refractivity contribution in [3.8, 4) is 0 Å². The Labute approximate surface area is 119 Å². The third-order valence-corrected chi connectivity index (χ3v) is 3.91. The number of nitrogens with one attached hydrogen (secondary N) is 1. The van der Waals surface area contributed by atoms with Gasteiger partial charge in [-0.15, -0.1) is 0 Å². The van der Waals surface area contributed by atoms with Gasteiger partial charge in [0.25, 0.3) is 0 Å². The zero-order chi connectivity index (χ0) is 13.8. The molecule has 0 radical (unpaired) electrons. The second kappa shape index (κ2) is 6.22. The molecule has 1 aromatic carbocycles. The van der Waals surface area contributed by atoms with Crippen molar-refractivity contribution < 1.29 is 0 Å². The van der Waals surface area contributed by atoms with Crippen LogP contribution in [0.15, 0.2) is 30.3 Å². The van der Waals surface area contributed by atoms with Crippen LogP contribution in [0.2, 0.25) is 5.02 Å². The summed E-state index contributed by atoms with van der Waals surface area (Å²) in [6.07, 6.45) is 0.890. The van der Waals surface area contributed by atoms with E-state index in [0.29, 0.717) is 5.92 Å². The molecule has 0 spiro atoms. The van der Waals surface area contributed by atoms with Gasteiger partial charge in [0.05, 0.1) is 16.4 Å². The third kappa shape index (κ3) is 3.17. The van der Waals surface area contributed by atoms with Crippen molar-refractivity contribution >= 4 is 11.6 Å². The first-order chi connectivity index (χ1) is 9.13. The number of aromatic nitrogens is 2. The largest absolute Gasteiger partial charge is 0.319 e. The van der Waals surface area contributed by atoms with E-state index in [1.54, 1.807) is 0 Å². The number of aryl methyl sites for hydroxylation is 2. The van der Waals surface area contributed by atoms with Gasteiger partial charge in [0.1, 0.15) is 0 Å². The molecule has 102 valence electrons. The van der Waals surface area contributed by atoms with E-state index in [4.69, 9.17) is 11.6 Å². The molecule has 3 nitrogen and oxygen atoms in total. The molecule has 1 atom stereocenters. The highest BCUT2D eigenvalue weighted by Crippen LogP contribution is 2.26. The lowest BCUT2D eigenvalue weighted by Gasteiger charge is -2.17. The SMILES string of the molecule is CNCC(Cc1c(Cl)c(C)nn1C)c1ccccc1. The Morgan fingerprint density at radius 3 is 2.53 bits per heavy atom. The fraction of sp³-hybridized carbons (Fsp3) is 0.400. The molecule has 0 saturated carbocycles. The number of nitrogens with zero attached hydrogens (tertiary/aromatic N) is 2. The average molecular weight is 278 g/mol. The van der Waals surface area contributed by atoms with E-state index in [1.165, 1.54) is 5.56 Å². The summed E-state index contributed by atoms with van der Waals surface area (Å²) in [5, 5.41) is 8.43. The fourth-order valence-corrected chi connectivity index (χ4v) is 2.65. The molecule has 0 bridgehead atoms. The quantitative estimate of drug-likeness (QED) is 0.911. The van der Waals surface area contributed by atoms with Crippen LogP contribution in [-0.2, 0) is 13.5 Å². The van der Waals surface area contributed by atoms with Gasteiger partial charge < -0.3 is 5.32 Å². The summed E-state index contributed by atoms with van der Waals surface area (Å²) in [7, 11) is 3.93. The van der Waals surface area contributed by atoms with Gasteiger partial charge in [-0.05, 0) is 26.0 Å². The van der Waals surface area contributed by atoms with Crippen molar-refractivity contribution in [2.24, 2.45) is 7.05 Å². The van der Waals surface area contributed by atoms with Crippen LogP contribution in [0.3, 0.4) is 0 Å². The minimum atomic E-state index is 0.401. The normalized spacial score (nSPS) is 12.6. The molecule has 2 aromatic rings. The molecule has 0 aliphatic carbocycles. The van der Waals surface area contributed by atoms with E-state index in [1.807, 2.05) is 31.8 Å². The van der Waals surface area contributed by atoms with Crippen LogP contribution >= 0.6 is 11.6 Å². The summed E-state index contributed by atoms with van der Waals surface area (Å²) in [6, 6.07) is 10.5. The van der Waals surface area contributed by atoms with Crippen molar-refractivity contribution in [2.45, 2.75) is 19.3 Å². The lowest BCUT2D eigenvalue weighted by atomic mass is 9.94. The van der Waals surface area contributed by atoms with Crippen LogP contribution in [0.25, 0.3) is 0 Å². The number of benzene rings is 1. The summed E-state index contributed by atoms with van der Waals surface area (Å²) in [5.41, 5.74) is 3.32. The van der Waals surface area contributed by atoms with Crippen molar-refractivity contribution in [3.05, 3.63) is 52.3 Å². The molecule has 0 fully saturated rings. The molecule has 4 heteroatoms. The maximum absolute atomic E-state index is 6.34. The summed E-state index contributed by atoms with van der Waals surface area (Å²) in [6.45, 7) is 2.87. The lowest BCUT2D eigenvalue weighted by molar-refractivity contribution is 0.591. The second-order valence-electron chi connectivity index (χ2n) is 4.84. The molecule has 1 unspecified atom stereocenters. The Morgan fingerprint density at radius 2 is 2.00 bits per heavy atom. The number of likely N-dealkylation sites (N-methyl/N-ethyl adjacent to an activating group) is 1. The molecule has 2 rings (SSSR count). The van der Waals surface area contributed by atoms with Gasteiger partial charge in [0, 0.05) is 19.5 Å². The number of hydrogen-bond acceptors (Lipinski definition) is 2. The molecule has 0 amide bonds. The monoisotopic (exact) mass is 277 g/mol. The Balaban J connectivity index is 2.26. The summed E-state index contributed by atoms with van der Waals surface area (Å²) in [5.74, 6) is 0.401. The van der Waals surface area contributed by atoms with Crippen LogP contribution in [0.5, 0.6) is 0 Å². The van der Waals surface area contributed by atoms with E-state index in [9.17, 15) is 0 Å². The Morgan fingerprint density at radius 1 is 1.32 bits per heavy atom. The Bertz CT molecular complexity index is 534. The van der Waals surface area contributed by atoms with Crippen LogP contribution < -0.4 is 5.32 Å². The lowest BCUT2D eigenvalue weighted by Crippen LogP contribution is -2.20. The van der Waals surface area contributed by atoms with Gasteiger partial charge in [-0.1, -0.05) is 41.9 Å². The molecule has 0 aliphatic rings. The van der Waals surface area contributed by atoms with Gasteiger partial charge in [0.2, 0.25) is 0 Å². The van der Waals surface area contributed by atoms with E-state index >= 15 is 0 Å². The molecule has 19 heavy (non-hydrogen) atoms. The molecule has 1 N–H and O–H groups in total. The standard InChI is InChI=1S/C15H20ClN3/c1-11-15(16)14(19(3)18-11)9-13(10-17-2)12-7-5-4-6-8-12/h4-8,13,17H,9-10H2,1-3H3. The summed E-state index contributed by atoms with van der Waals surface area (Å²) in [4.78, 5) is 0. The predicted octanol–water partition coefficient (Wildman–Crippen LogP) is 2.93. The predicted molar refractivity (Wildman–Crippen MR) is 79.8 cm³/mol. The van der Waals surface area contributed by atoms with Gasteiger partial charge in [-0.2, -0.15) is 5.10 Å². The van der Waals surface area contributed by atoms with Gasteiger partial charge in [-0.3, -0.25) is 4.68 Å². The maximum atomic E-state index is 6.34. The van der Waals surface area contributed by atoms with Crippen LogP contribution in [0.1, 0.15) is 22.9 Å². The topological polar surface area (TPSA) is 29.9 Å². The summed E-state index contributed by atoms with van der Waals surface area (Å²) >= 11 is 6.34. The Kier molecular flexibility index (Phi) is 4.61. The zero-order valence-corrected chi connectivity index (χ0v) is 12.4. The molecular weight excluding hydrogens is 258 g/mol. The van der Waals surface area contributed by atoms with Crippen molar-refractivity contribution in [1.82, 2.24) is 15.1 Å². The minimum absolute atomic E-state index is 0.401. The summed E-state index contributed by atoms with van der Waals surface area (Å²) < 4.78 is 1.89. The van der Waals surface area contributed by atoms with E-state index in [2.05, 4.69) is 34.7 Å². The fourth-order valence-electron chi connectivity index (χ4n) is 2.41. The van der Waals surface area contributed by atoms with Crippen LogP contribution in [-0.4, -0.2) is 23.4 Å². The second-order valence-corrected chi connectivity index (χ2v) is 5.22. The molecule has 0 saturated heterocycles. The van der Waals surface area contributed by atoms with Crippen molar-refractivity contribution in [1.29, 1.82) is 0 Å². The number of rotatable bonds is 5. The Hall–Kier alpha value is -1.32. The van der Waals surface area contributed by atoms with E-state index in [0.717, 1.165) is 29.4 Å². The zero-order valence-electron chi connectivity index (χ0n) is 11.7. The molecular formula is C15H20ClN3. The van der Waals surface area contributed by atoms with E-state index in [-0.39, 0.29) is 0 Å². The van der Waals surface area contributed by atoms with Crippen molar-refractivity contribution in [2.75, 3.05) is 13.6 Å². The first-order valence-electron chi connectivity index (χ1n) is 6.51. The van der Waals surface area contributed by atoms with E-state index < -0.39 is 0 Å². The molecule has 1 heterocycles. The first kappa shape index (κ1) is 14.1. The molecule has 1 aromatic heterocycles. The number of hydrogen-bond donors (Lipinski definition) is 1. The highest BCUT2D eigenvalue weighted by atomic mass is 35.5. The first-order valence-corrected chi connectivity index (χ1v) is 6.88. The van der Waals surface area contributed by atoms with Gasteiger partial charge in [0.15, 0.2) is 0 Å². The van der Waals surface area contributed by atoms with Gasteiger partial charge >= 0.3 is 0 Å². The van der Waals surface area contributed by atoms with Gasteiger partial charge in [-0.25, -0.2) is 0 Å². The highest BCUT2D eigenvalue weighted by Gasteiger charge is 2.18. The van der Waals surface area contributed by atoms with Crippen LogP contribution in [0, 0.1) is 6.92 Å². The average Bonchev–Trinajstić information content (AvgIpc) is 2.65. The maximum Gasteiger partial charge on any atom is 0.0847 e. The third-order valence-electron chi connectivity index (χ3n) is 3.42. The minimum Gasteiger partial charge on any atom is -0.319 e.